The molecule has 1 saturated heterocycles. The molecule has 0 spiro atoms. The number of aromatic nitrogens is 2. The van der Waals surface area contributed by atoms with Crippen LogP contribution < -0.4 is 10.1 Å². The lowest BCUT2D eigenvalue weighted by Crippen LogP contribution is -2.25. The predicted molar refractivity (Wildman–Crippen MR) is 107 cm³/mol. The summed E-state index contributed by atoms with van der Waals surface area (Å²) in [5.74, 6) is 2.47. The molecule has 1 aliphatic heterocycles. The van der Waals surface area contributed by atoms with Gasteiger partial charge < -0.3 is 19.5 Å². The predicted octanol–water partition coefficient (Wildman–Crippen LogP) is 4.93. The summed E-state index contributed by atoms with van der Waals surface area (Å²) in [6.07, 6.45) is 1.15. The fourth-order valence-corrected chi connectivity index (χ4v) is 4.33. The topological polar surface area (TPSA) is 65.5 Å². The number of benzene rings is 2. The van der Waals surface area contributed by atoms with Crippen LogP contribution in [0.25, 0.3) is 0 Å². The minimum atomic E-state index is 0.223. The molecule has 0 aliphatic carbocycles. The van der Waals surface area contributed by atoms with Crippen molar-refractivity contribution in [3.8, 4) is 11.5 Å². The van der Waals surface area contributed by atoms with E-state index >= 15 is 0 Å². The number of hydrogen-bond donors (Lipinski definition) is 1. The van der Waals surface area contributed by atoms with E-state index in [1.165, 1.54) is 11.3 Å². The Morgan fingerprint density at radius 3 is 2.67 bits per heavy atom. The second-order valence-electron chi connectivity index (χ2n) is 5.85. The molecule has 0 bridgehead atoms. The molecular formula is C19H19N3O3S2. The molecule has 2 heterocycles. The van der Waals surface area contributed by atoms with Crippen LogP contribution in [0.4, 0.5) is 10.8 Å². The van der Waals surface area contributed by atoms with Crippen molar-refractivity contribution < 1.29 is 14.2 Å². The van der Waals surface area contributed by atoms with E-state index in [0.717, 1.165) is 45.4 Å². The van der Waals surface area contributed by atoms with Crippen molar-refractivity contribution in [3.63, 3.8) is 0 Å². The fourth-order valence-electron chi connectivity index (χ4n) is 2.47. The van der Waals surface area contributed by atoms with Crippen molar-refractivity contribution in [2.75, 3.05) is 24.5 Å². The molecule has 0 radical (unpaired) electrons. The van der Waals surface area contributed by atoms with Crippen LogP contribution in [0, 0.1) is 0 Å². The van der Waals surface area contributed by atoms with E-state index in [4.69, 9.17) is 14.2 Å². The zero-order valence-corrected chi connectivity index (χ0v) is 16.2. The summed E-state index contributed by atoms with van der Waals surface area (Å²) in [6.45, 7) is 1.15. The molecule has 8 heteroatoms. The summed E-state index contributed by atoms with van der Waals surface area (Å²) in [5.41, 5.74) is 0.941. The monoisotopic (exact) mass is 401 g/mol. The van der Waals surface area contributed by atoms with Gasteiger partial charge >= 0.3 is 0 Å². The summed E-state index contributed by atoms with van der Waals surface area (Å²) < 4.78 is 17.5. The van der Waals surface area contributed by atoms with E-state index in [9.17, 15) is 0 Å². The molecule has 1 fully saturated rings. The number of nitrogens with one attached hydrogen (secondary N) is 1. The third kappa shape index (κ3) is 5.43. The molecule has 3 aromatic rings. The second-order valence-corrected chi connectivity index (χ2v) is 8.10. The van der Waals surface area contributed by atoms with Gasteiger partial charge in [0.1, 0.15) is 18.3 Å². The molecule has 140 valence electrons. The first kappa shape index (κ1) is 18.2. The SMILES string of the molecule is c1ccc(Oc2ccc(Nc3nnc(SCC4CCOCO4)s3)cc2)cc1. The minimum Gasteiger partial charge on any atom is -0.457 e. The average molecular weight is 402 g/mol. The van der Waals surface area contributed by atoms with Crippen LogP contribution >= 0.6 is 23.1 Å². The van der Waals surface area contributed by atoms with E-state index in [0.29, 0.717) is 6.79 Å². The highest BCUT2D eigenvalue weighted by Crippen LogP contribution is 2.30. The molecule has 4 rings (SSSR count). The Labute approximate surface area is 165 Å². The number of thioether (sulfide) groups is 1. The quantitative estimate of drug-likeness (QED) is 0.563. The Morgan fingerprint density at radius 2 is 1.89 bits per heavy atom. The highest BCUT2D eigenvalue weighted by Gasteiger charge is 2.15. The number of nitrogens with zero attached hydrogens (tertiary/aromatic N) is 2. The molecule has 1 aliphatic rings. The van der Waals surface area contributed by atoms with Gasteiger partial charge in [0.2, 0.25) is 5.13 Å². The van der Waals surface area contributed by atoms with Crippen molar-refractivity contribution in [2.45, 2.75) is 16.9 Å². The number of anilines is 2. The zero-order valence-electron chi connectivity index (χ0n) is 14.5. The minimum absolute atomic E-state index is 0.223. The van der Waals surface area contributed by atoms with Gasteiger partial charge in [0.15, 0.2) is 4.34 Å². The summed E-state index contributed by atoms with van der Waals surface area (Å²) in [5, 5.41) is 12.5. The Morgan fingerprint density at radius 1 is 1.07 bits per heavy atom. The van der Waals surface area contributed by atoms with E-state index in [-0.39, 0.29) is 6.10 Å². The standard InChI is InChI=1S/C19H19N3O3S2/c1-2-4-15(5-3-1)25-16-8-6-14(7-9-16)20-18-21-22-19(27-18)26-12-17-10-11-23-13-24-17/h1-9,17H,10-13H2,(H,20,21). The van der Waals surface area contributed by atoms with Crippen LogP contribution in [0.2, 0.25) is 0 Å². The lowest BCUT2D eigenvalue weighted by atomic mass is 10.3. The van der Waals surface area contributed by atoms with E-state index in [1.807, 2.05) is 54.6 Å². The fraction of sp³-hybridized carbons (Fsp3) is 0.263. The van der Waals surface area contributed by atoms with Crippen LogP contribution in [0.5, 0.6) is 11.5 Å². The molecule has 6 nitrogen and oxygen atoms in total. The van der Waals surface area contributed by atoms with Gasteiger partial charge in [-0.1, -0.05) is 41.3 Å². The molecule has 27 heavy (non-hydrogen) atoms. The molecule has 0 amide bonds. The lowest BCUT2D eigenvalue weighted by molar-refractivity contribution is -0.130. The second kappa shape index (κ2) is 9.18. The van der Waals surface area contributed by atoms with E-state index in [1.54, 1.807) is 11.8 Å². The molecule has 0 saturated carbocycles. The maximum Gasteiger partial charge on any atom is 0.210 e. The summed E-state index contributed by atoms with van der Waals surface area (Å²) in [7, 11) is 0. The van der Waals surface area contributed by atoms with Crippen LogP contribution in [0.1, 0.15) is 6.42 Å². The van der Waals surface area contributed by atoms with Gasteiger partial charge in [-0.15, -0.1) is 10.2 Å². The Hall–Kier alpha value is -2.13. The van der Waals surface area contributed by atoms with Crippen molar-refractivity contribution in [1.82, 2.24) is 10.2 Å². The van der Waals surface area contributed by atoms with Gasteiger partial charge in [0.05, 0.1) is 12.7 Å². The summed E-state index contributed by atoms with van der Waals surface area (Å²) >= 11 is 3.20. The summed E-state index contributed by atoms with van der Waals surface area (Å²) in [6, 6.07) is 17.5. The average Bonchev–Trinajstić information content (AvgIpc) is 3.17. The smallest absolute Gasteiger partial charge is 0.210 e. The molecule has 1 unspecified atom stereocenters. The Balaban J connectivity index is 1.29. The van der Waals surface area contributed by atoms with Gasteiger partial charge in [-0.05, 0) is 42.8 Å². The van der Waals surface area contributed by atoms with Crippen molar-refractivity contribution in [3.05, 3.63) is 54.6 Å². The Bertz CT molecular complexity index is 837. The molecule has 1 aromatic heterocycles. The van der Waals surface area contributed by atoms with Crippen LogP contribution in [-0.4, -0.2) is 35.5 Å². The lowest BCUT2D eigenvalue weighted by Gasteiger charge is -2.21. The number of hydrogen-bond acceptors (Lipinski definition) is 8. The molecule has 1 atom stereocenters. The highest BCUT2D eigenvalue weighted by molar-refractivity contribution is 8.01. The first-order valence-corrected chi connectivity index (χ1v) is 10.4. The van der Waals surface area contributed by atoms with Gasteiger partial charge in [0.25, 0.3) is 0 Å². The maximum absolute atomic E-state index is 5.80. The zero-order chi connectivity index (χ0) is 18.3. The van der Waals surface area contributed by atoms with Gasteiger partial charge in [-0.25, -0.2) is 0 Å². The van der Waals surface area contributed by atoms with Crippen molar-refractivity contribution >= 4 is 33.9 Å². The third-order valence-corrected chi connectivity index (χ3v) is 5.96. The maximum atomic E-state index is 5.80. The van der Waals surface area contributed by atoms with E-state index < -0.39 is 0 Å². The first-order chi connectivity index (χ1) is 13.3. The normalized spacial score (nSPS) is 16.8. The highest BCUT2D eigenvalue weighted by atomic mass is 32.2. The van der Waals surface area contributed by atoms with Gasteiger partial charge in [-0.3, -0.25) is 0 Å². The third-order valence-electron chi connectivity index (χ3n) is 3.85. The van der Waals surface area contributed by atoms with Crippen LogP contribution in [-0.2, 0) is 9.47 Å². The van der Waals surface area contributed by atoms with Crippen LogP contribution in [0.15, 0.2) is 58.9 Å². The molecule has 1 N–H and O–H groups in total. The number of ether oxygens (including phenoxy) is 3. The number of para-hydroxylation sites is 1. The summed E-state index contributed by atoms with van der Waals surface area (Å²) in [4.78, 5) is 0. The van der Waals surface area contributed by atoms with Gasteiger partial charge in [-0.2, -0.15) is 0 Å². The van der Waals surface area contributed by atoms with Gasteiger partial charge in [0, 0.05) is 11.4 Å². The molecule has 2 aromatic carbocycles. The Kier molecular flexibility index (Phi) is 6.21. The van der Waals surface area contributed by atoms with E-state index in [2.05, 4.69) is 15.5 Å². The van der Waals surface area contributed by atoms with Crippen LogP contribution in [0.3, 0.4) is 0 Å². The largest absolute Gasteiger partial charge is 0.457 e. The first-order valence-electron chi connectivity index (χ1n) is 8.61. The van der Waals surface area contributed by atoms with Crippen molar-refractivity contribution in [1.29, 1.82) is 0 Å². The van der Waals surface area contributed by atoms with Crippen molar-refractivity contribution in [2.24, 2.45) is 0 Å². The molecular weight excluding hydrogens is 382 g/mol. The number of rotatable bonds is 7.